The van der Waals surface area contributed by atoms with E-state index in [9.17, 15) is 9.90 Å². The van der Waals surface area contributed by atoms with E-state index >= 15 is 0 Å². The minimum Gasteiger partial charge on any atom is -0.396 e. The lowest BCUT2D eigenvalue weighted by Crippen LogP contribution is -2.44. The Bertz CT molecular complexity index is 660. The van der Waals surface area contributed by atoms with E-state index in [1.807, 2.05) is 6.92 Å². The molecule has 0 radical (unpaired) electrons. The number of guanidine groups is 1. The lowest BCUT2D eigenvalue weighted by molar-refractivity contribution is -0.114. The predicted octanol–water partition coefficient (Wildman–Crippen LogP) is 2.35. The summed E-state index contributed by atoms with van der Waals surface area (Å²) in [6, 6.07) is 7.14. The molecule has 0 spiro atoms. The van der Waals surface area contributed by atoms with Crippen molar-refractivity contribution in [3.63, 3.8) is 0 Å². The van der Waals surface area contributed by atoms with Crippen molar-refractivity contribution < 1.29 is 9.90 Å². The number of nitrogens with zero attached hydrogens (tertiary/aromatic N) is 1. The van der Waals surface area contributed by atoms with Gasteiger partial charge in [0.15, 0.2) is 5.96 Å². The summed E-state index contributed by atoms with van der Waals surface area (Å²) in [4.78, 5) is 16.5. The number of terminal acetylenes is 1. The van der Waals surface area contributed by atoms with Crippen LogP contribution in [-0.2, 0) is 4.79 Å². The number of hydrogen-bond donors (Lipinski definition) is 4. The third-order valence-corrected chi connectivity index (χ3v) is 4.81. The molecular weight excluding hydrogens is 340 g/mol. The van der Waals surface area contributed by atoms with E-state index in [0.29, 0.717) is 30.3 Å². The van der Waals surface area contributed by atoms with Crippen LogP contribution in [0.1, 0.15) is 45.6 Å². The Kier molecular flexibility index (Phi) is 9.99. The monoisotopic (exact) mass is 372 g/mol. The Hall–Kier alpha value is -2.52. The number of benzene rings is 1. The van der Waals surface area contributed by atoms with Crippen molar-refractivity contribution in [2.75, 3.05) is 31.6 Å². The highest BCUT2D eigenvalue weighted by Gasteiger charge is 2.25. The summed E-state index contributed by atoms with van der Waals surface area (Å²) in [5.74, 6) is 2.92. The number of aliphatic hydroxyl groups is 1. The summed E-state index contributed by atoms with van der Waals surface area (Å²) in [6.45, 7) is 7.78. The van der Waals surface area contributed by atoms with Gasteiger partial charge in [-0.25, -0.2) is 4.99 Å². The SMILES string of the molecule is C#Cc1cccc(NC(=O)CN=C(NCC)NCC(CC)(CC)CCO)c1. The molecular formula is C21H32N4O2. The summed E-state index contributed by atoms with van der Waals surface area (Å²) in [6.07, 6.45) is 8.03. The molecule has 6 heteroatoms. The smallest absolute Gasteiger partial charge is 0.246 e. The molecule has 148 valence electrons. The molecule has 0 aromatic heterocycles. The normalized spacial score (nSPS) is 11.6. The van der Waals surface area contributed by atoms with Crippen molar-refractivity contribution in [2.24, 2.45) is 10.4 Å². The fourth-order valence-electron chi connectivity index (χ4n) is 2.83. The summed E-state index contributed by atoms with van der Waals surface area (Å²) in [5.41, 5.74) is 1.39. The van der Waals surface area contributed by atoms with Crippen molar-refractivity contribution in [1.82, 2.24) is 10.6 Å². The molecule has 0 heterocycles. The number of hydrogen-bond acceptors (Lipinski definition) is 3. The van der Waals surface area contributed by atoms with E-state index in [4.69, 9.17) is 6.42 Å². The molecule has 1 aromatic carbocycles. The second-order valence-corrected chi connectivity index (χ2v) is 6.50. The van der Waals surface area contributed by atoms with Crippen molar-refractivity contribution >= 4 is 17.6 Å². The Labute approximate surface area is 162 Å². The van der Waals surface area contributed by atoms with Gasteiger partial charge < -0.3 is 21.1 Å². The highest BCUT2D eigenvalue weighted by Crippen LogP contribution is 2.29. The molecule has 6 nitrogen and oxygen atoms in total. The van der Waals surface area contributed by atoms with E-state index in [-0.39, 0.29) is 24.5 Å². The van der Waals surface area contributed by atoms with Crippen LogP contribution in [0.3, 0.4) is 0 Å². The molecule has 0 bridgehead atoms. The van der Waals surface area contributed by atoms with Crippen molar-refractivity contribution in [1.29, 1.82) is 0 Å². The number of aliphatic imine (C=N–C) groups is 1. The number of carbonyl (C=O) groups excluding carboxylic acids is 1. The molecule has 0 aliphatic rings. The number of nitrogens with one attached hydrogen (secondary N) is 3. The largest absolute Gasteiger partial charge is 0.396 e. The average molecular weight is 373 g/mol. The van der Waals surface area contributed by atoms with Gasteiger partial charge in [-0.3, -0.25) is 4.79 Å². The van der Waals surface area contributed by atoms with Crippen LogP contribution in [0.25, 0.3) is 0 Å². The van der Waals surface area contributed by atoms with Gasteiger partial charge in [-0.1, -0.05) is 25.8 Å². The van der Waals surface area contributed by atoms with Crippen LogP contribution in [-0.4, -0.2) is 43.2 Å². The van der Waals surface area contributed by atoms with Crippen molar-refractivity contribution in [2.45, 2.75) is 40.0 Å². The molecule has 0 unspecified atom stereocenters. The van der Waals surface area contributed by atoms with Crippen LogP contribution >= 0.6 is 0 Å². The van der Waals surface area contributed by atoms with E-state index < -0.39 is 0 Å². The lowest BCUT2D eigenvalue weighted by atomic mass is 9.79. The first-order chi connectivity index (χ1) is 13.0. The first-order valence-corrected chi connectivity index (χ1v) is 9.52. The predicted molar refractivity (Wildman–Crippen MR) is 112 cm³/mol. The van der Waals surface area contributed by atoms with Crippen LogP contribution in [0.4, 0.5) is 5.69 Å². The van der Waals surface area contributed by atoms with Gasteiger partial charge in [-0.2, -0.15) is 0 Å². The van der Waals surface area contributed by atoms with E-state index in [1.54, 1.807) is 24.3 Å². The van der Waals surface area contributed by atoms with Gasteiger partial charge in [0.25, 0.3) is 0 Å². The number of aliphatic hydroxyl groups excluding tert-OH is 1. The Morgan fingerprint density at radius 3 is 2.59 bits per heavy atom. The molecule has 0 fully saturated rings. The maximum atomic E-state index is 12.2. The second kappa shape index (κ2) is 12.0. The molecule has 1 amide bonds. The van der Waals surface area contributed by atoms with Gasteiger partial charge in [-0.15, -0.1) is 6.42 Å². The number of rotatable bonds is 10. The van der Waals surface area contributed by atoms with E-state index in [1.165, 1.54) is 0 Å². The van der Waals surface area contributed by atoms with Gasteiger partial charge in [0.2, 0.25) is 5.91 Å². The molecule has 0 aliphatic heterocycles. The van der Waals surface area contributed by atoms with Crippen LogP contribution in [0.15, 0.2) is 29.3 Å². The zero-order chi connectivity index (χ0) is 20.1. The zero-order valence-electron chi connectivity index (χ0n) is 16.6. The maximum absolute atomic E-state index is 12.2. The summed E-state index contributed by atoms with van der Waals surface area (Å²) in [5, 5.41) is 18.6. The van der Waals surface area contributed by atoms with Gasteiger partial charge in [0.05, 0.1) is 0 Å². The minimum atomic E-state index is -0.214. The number of carbonyl (C=O) groups is 1. The fourth-order valence-corrected chi connectivity index (χ4v) is 2.83. The topological polar surface area (TPSA) is 85.8 Å². The van der Waals surface area contributed by atoms with Crippen LogP contribution in [0.2, 0.25) is 0 Å². The van der Waals surface area contributed by atoms with Crippen LogP contribution in [0.5, 0.6) is 0 Å². The zero-order valence-corrected chi connectivity index (χ0v) is 16.6. The standard InChI is InChI=1S/C21H32N4O2/c1-5-17-10-9-11-18(14-17)25-19(27)15-23-20(22-8-4)24-16-21(6-2,7-3)12-13-26/h1,9-11,14,26H,6-8,12-13,15-16H2,2-4H3,(H,25,27)(H2,22,23,24). The van der Waals surface area contributed by atoms with Gasteiger partial charge >= 0.3 is 0 Å². The van der Waals surface area contributed by atoms with Crippen LogP contribution in [0, 0.1) is 17.8 Å². The van der Waals surface area contributed by atoms with E-state index in [2.05, 4.69) is 40.7 Å². The fraction of sp³-hybridized carbons (Fsp3) is 0.524. The average Bonchev–Trinajstić information content (AvgIpc) is 2.69. The van der Waals surface area contributed by atoms with Crippen molar-refractivity contribution in [3.8, 4) is 12.3 Å². The molecule has 0 saturated carbocycles. The van der Waals surface area contributed by atoms with Gasteiger partial charge in [-0.05, 0) is 49.8 Å². The van der Waals surface area contributed by atoms with Gasteiger partial charge in [0.1, 0.15) is 6.54 Å². The van der Waals surface area contributed by atoms with E-state index in [0.717, 1.165) is 19.3 Å². The maximum Gasteiger partial charge on any atom is 0.246 e. The van der Waals surface area contributed by atoms with Crippen LogP contribution < -0.4 is 16.0 Å². The second-order valence-electron chi connectivity index (χ2n) is 6.50. The molecule has 0 atom stereocenters. The number of anilines is 1. The third-order valence-electron chi connectivity index (χ3n) is 4.81. The highest BCUT2D eigenvalue weighted by atomic mass is 16.3. The summed E-state index contributed by atoms with van der Waals surface area (Å²) >= 11 is 0. The molecule has 4 N–H and O–H groups in total. The summed E-state index contributed by atoms with van der Waals surface area (Å²) < 4.78 is 0. The minimum absolute atomic E-state index is 0.000858. The quantitative estimate of drug-likeness (QED) is 0.289. The molecule has 1 aromatic rings. The van der Waals surface area contributed by atoms with Gasteiger partial charge in [0, 0.05) is 30.9 Å². The summed E-state index contributed by atoms with van der Waals surface area (Å²) in [7, 11) is 0. The first kappa shape index (κ1) is 22.5. The third kappa shape index (κ3) is 7.71. The van der Waals surface area contributed by atoms with Crippen molar-refractivity contribution in [3.05, 3.63) is 29.8 Å². The Morgan fingerprint density at radius 2 is 2.00 bits per heavy atom. The first-order valence-electron chi connectivity index (χ1n) is 9.52. The molecule has 1 rings (SSSR count). The molecule has 0 aliphatic carbocycles. The number of amides is 1. The highest BCUT2D eigenvalue weighted by molar-refractivity contribution is 5.94. The Balaban J connectivity index is 2.69. The lowest BCUT2D eigenvalue weighted by Gasteiger charge is -2.32. The Morgan fingerprint density at radius 1 is 1.26 bits per heavy atom. The molecule has 27 heavy (non-hydrogen) atoms. The molecule has 0 saturated heterocycles.